The van der Waals surface area contributed by atoms with Gasteiger partial charge in [0.2, 0.25) is 5.91 Å². The fourth-order valence-corrected chi connectivity index (χ4v) is 6.81. The first kappa shape index (κ1) is 29.8. The summed E-state index contributed by atoms with van der Waals surface area (Å²) in [5.74, 6) is -10.4. The number of carbonyl (C=O) groups is 5. The quantitative estimate of drug-likeness (QED) is 0.352. The third-order valence-corrected chi connectivity index (χ3v) is 8.57. The molecule has 218 valence electrons. The molecule has 11 nitrogen and oxygen atoms in total. The molecule has 3 aliphatic carbocycles. The van der Waals surface area contributed by atoms with Crippen LogP contribution in [0.2, 0.25) is 0 Å². The maximum absolute atomic E-state index is 14.0. The molecule has 0 radical (unpaired) electrons. The summed E-state index contributed by atoms with van der Waals surface area (Å²) in [6.07, 6.45) is 0.245. The summed E-state index contributed by atoms with van der Waals surface area (Å²) in [6.45, 7) is 7.14. The minimum Gasteiger partial charge on any atom is -0.507 e. The predicted octanol–water partition coefficient (Wildman–Crippen LogP) is 0.0687. The molecule has 5 N–H and O–H groups in total. The molecule has 1 aromatic carbocycles. The van der Waals surface area contributed by atoms with E-state index in [1.165, 1.54) is 4.90 Å². The Morgan fingerprint density at radius 1 is 1.12 bits per heavy atom. The number of aliphatic hydroxyl groups is 1. The van der Waals surface area contributed by atoms with Gasteiger partial charge in [-0.2, -0.15) is 0 Å². The summed E-state index contributed by atoms with van der Waals surface area (Å²) in [5, 5.41) is 26.3. The molecule has 1 aromatic rings. The van der Waals surface area contributed by atoms with E-state index in [1.807, 2.05) is 25.1 Å². The number of hydrogen-bond donors (Lipinski definition) is 4. The number of fused-ring (bicyclic) bond motifs is 3. The molecule has 11 heteroatoms. The van der Waals surface area contributed by atoms with Crippen molar-refractivity contribution in [2.75, 3.05) is 39.6 Å². The van der Waals surface area contributed by atoms with Crippen LogP contribution in [0.4, 0.5) is 5.69 Å². The molecule has 2 fully saturated rings. The summed E-state index contributed by atoms with van der Waals surface area (Å²) in [5.41, 5.74) is 4.41. The highest BCUT2D eigenvalue weighted by molar-refractivity contribution is 6.32. The molecule has 2 saturated carbocycles. The smallest absolute Gasteiger partial charge is 0.235 e. The van der Waals surface area contributed by atoms with Crippen molar-refractivity contribution in [3.05, 3.63) is 22.8 Å². The molecule has 0 aliphatic heterocycles. The van der Waals surface area contributed by atoms with Crippen molar-refractivity contribution < 1.29 is 34.2 Å². The second kappa shape index (κ2) is 10.0. The highest BCUT2D eigenvalue weighted by atomic mass is 16.3. The summed E-state index contributed by atoms with van der Waals surface area (Å²) < 4.78 is 0. The number of primary amides is 1. The van der Waals surface area contributed by atoms with Crippen molar-refractivity contribution in [3.63, 3.8) is 0 Å². The number of nitrogens with one attached hydrogen (secondary N) is 1. The predicted molar refractivity (Wildman–Crippen MR) is 147 cm³/mol. The highest BCUT2D eigenvalue weighted by Crippen LogP contribution is 2.52. The first-order valence-corrected chi connectivity index (χ1v) is 13.5. The number of benzene rings is 1. The van der Waals surface area contributed by atoms with Gasteiger partial charge in [0.1, 0.15) is 5.75 Å². The molecule has 0 bridgehead atoms. The zero-order valence-electron chi connectivity index (χ0n) is 24.2. The Morgan fingerprint density at radius 2 is 1.75 bits per heavy atom. The van der Waals surface area contributed by atoms with Crippen LogP contribution in [0.15, 0.2) is 6.07 Å². The van der Waals surface area contributed by atoms with Crippen molar-refractivity contribution in [1.82, 2.24) is 10.2 Å². The van der Waals surface area contributed by atoms with E-state index in [-0.39, 0.29) is 36.1 Å². The Morgan fingerprint density at radius 3 is 2.27 bits per heavy atom. The van der Waals surface area contributed by atoms with Gasteiger partial charge in [0.05, 0.1) is 17.5 Å². The minimum absolute atomic E-state index is 0.00496. The summed E-state index contributed by atoms with van der Waals surface area (Å²) >= 11 is 0. The van der Waals surface area contributed by atoms with Crippen LogP contribution in [0.5, 0.6) is 5.75 Å². The number of carbonyl (C=O) groups excluding carboxylic acids is 5. The second-order valence-electron chi connectivity index (χ2n) is 13.1. The van der Waals surface area contributed by atoms with Crippen LogP contribution in [-0.2, 0) is 32.1 Å². The number of rotatable bonds is 6. The topological polar surface area (TPSA) is 170 Å². The zero-order chi connectivity index (χ0) is 30.1. The van der Waals surface area contributed by atoms with E-state index in [2.05, 4.69) is 26.1 Å². The van der Waals surface area contributed by atoms with E-state index in [0.717, 1.165) is 0 Å². The molecule has 0 aromatic heterocycles. The zero-order valence-corrected chi connectivity index (χ0v) is 24.2. The first-order chi connectivity index (χ1) is 18.4. The number of phenolic OH excluding ortho intramolecular Hbond substituents is 1. The van der Waals surface area contributed by atoms with Gasteiger partial charge >= 0.3 is 0 Å². The van der Waals surface area contributed by atoms with Gasteiger partial charge in [0.15, 0.2) is 34.7 Å². The lowest BCUT2D eigenvalue weighted by molar-refractivity contribution is -0.181. The standard InChI is InChI=1S/C29H40N4O7/c1-28(2,3)12-31-11-14-10-17(32(4)5)15-8-13-9-16-21(33(6)7)24(36)20(27(30)39)26(38)29(16,40)25(37)18(13)23(35)19(15)22(14)34/h10,13,16,18,20-21,31,34,40H,8-9,11-12H2,1-7H3,(H2,30,39). The Kier molecular flexibility index (Phi) is 7.49. The van der Waals surface area contributed by atoms with Gasteiger partial charge in [-0.05, 0) is 49.9 Å². The lowest BCUT2D eigenvalue weighted by Crippen LogP contribution is -2.74. The minimum atomic E-state index is -2.73. The van der Waals surface area contributed by atoms with Crippen LogP contribution in [0.25, 0.3) is 0 Å². The number of likely N-dealkylation sites (N-methyl/N-ethyl adjacent to an activating group) is 1. The van der Waals surface area contributed by atoms with Gasteiger partial charge in [-0.1, -0.05) is 20.8 Å². The largest absolute Gasteiger partial charge is 0.507 e. The van der Waals surface area contributed by atoms with E-state index in [9.17, 15) is 34.2 Å². The Hall–Kier alpha value is -3.15. The average Bonchev–Trinajstić information content (AvgIpc) is 2.81. The fraction of sp³-hybridized carbons (Fsp3) is 0.621. The van der Waals surface area contributed by atoms with Crippen molar-refractivity contribution in [3.8, 4) is 5.75 Å². The summed E-state index contributed by atoms with van der Waals surface area (Å²) in [4.78, 5) is 70.1. The van der Waals surface area contributed by atoms with Gasteiger partial charge in [0.25, 0.3) is 0 Å². The number of aromatic hydroxyl groups is 1. The van der Waals surface area contributed by atoms with Gasteiger partial charge in [-0.3, -0.25) is 28.9 Å². The lowest BCUT2D eigenvalue weighted by Gasteiger charge is -2.52. The number of hydrogen-bond acceptors (Lipinski definition) is 10. The molecule has 0 spiro atoms. The van der Waals surface area contributed by atoms with E-state index >= 15 is 0 Å². The molecule has 0 saturated heterocycles. The molecule has 6 unspecified atom stereocenters. The molecule has 0 heterocycles. The Labute approximate surface area is 234 Å². The van der Waals surface area contributed by atoms with Gasteiger partial charge in [-0.25, -0.2) is 0 Å². The van der Waals surface area contributed by atoms with Crippen LogP contribution in [0.3, 0.4) is 0 Å². The van der Waals surface area contributed by atoms with Gasteiger partial charge in [-0.15, -0.1) is 0 Å². The molecular weight excluding hydrogens is 516 g/mol. The van der Waals surface area contributed by atoms with Gasteiger partial charge in [0, 0.05) is 44.4 Å². The lowest BCUT2D eigenvalue weighted by atomic mass is 9.52. The van der Waals surface area contributed by atoms with Crippen LogP contribution >= 0.6 is 0 Å². The fourth-order valence-electron chi connectivity index (χ4n) is 6.81. The Balaban J connectivity index is 1.83. The number of ketones is 4. The monoisotopic (exact) mass is 556 g/mol. The normalized spacial score (nSPS) is 30.2. The SMILES string of the molecule is CN(C)c1cc(CNCC(C)(C)C)c(O)c2c1CC1CC3C(N(C)C)C(=O)C(C(N)=O)C(=O)C3(O)C(=O)C1C2=O. The molecule has 40 heavy (non-hydrogen) atoms. The number of nitrogens with zero attached hydrogens (tertiary/aromatic N) is 2. The number of Topliss-reactive ketones (excluding diaryl/α,β-unsaturated/α-hetero) is 4. The van der Waals surface area contributed by atoms with Crippen LogP contribution in [0, 0.1) is 29.1 Å². The number of phenols is 1. The number of nitrogens with two attached hydrogens (primary N) is 1. The van der Waals surface area contributed by atoms with Gasteiger partial charge < -0.3 is 26.2 Å². The maximum atomic E-state index is 14.0. The summed E-state index contributed by atoms with van der Waals surface area (Å²) in [7, 11) is 6.77. The molecule has 4 rings (SSSR count). The first-order valence-electron chi connectivity index (χ1n) is 13.5. The average molecular weight is 557 g/mol. The molecular formula is C29H40N4O7. The van der Waals surface area contributed by atoms with Crippen molar-refractivity contribution in [2.45, 2.75) is 51.8 Å². The van der Waals surface area contributed by atoms with E-state index in [4.69, 9.17) is 5.73 Å². The number of amides is 1. The number of anilines is 1. The third kappa shape index (κ3) is 4.53. The third-order valence-electron chi connectivity index (χ3n) is 8.57. The van der Waals surface area contributed by atoms with E-state index in [1.54, 1.807) is 14.1 Å². The van der Waals surface area contributed by atoms with Crippen LogP contribution < -0.4 is 16.0 Å². The van der Waals surface area contributed by atoms with E-state index in [0.29, 0.717) is 23.4 Å². The van der Waals surface area contributed by atoms with Crippen molar-refractivity contribution in [1.29, 1.82) is 0 Å². The second-order valence-corrected chi connectivity index (χ2v) is 13.1. The van der Waals surface area contributed by atoms with Crippen molar-refractivity contribution >= 4 is 34.7 Å². The van der Waals surface area contributed by atoms with Crippen LogP contribution in [0.1, 0.15) is 48.7 Å². The van der Waals surface area contributed by atoms with Crippen molar-refractivity contribution in [2.24, 2.45) is 34.8 Å². The van der Waals surface area contributed by atoms with Crippen LogP contribution in [-0.4, -0.2) is 90.5 Å². The maximum Gasteiger partial charge on any atom is 0.235 e. The summed E-state index contributed by atoms with van der Waals surface area (Å²) in [6, 6.07) is 0.700. The van der Waals surface area contributed by atoms with E-state index < -0.39 is 64.4 Å². The molecule has 6 atom stereocenters. The molecule has 1 amide bonds. The molecule has 3 aliphatic rings. The highest BCUT2D eigenvalue weighted by Gasteiger charge is 2.69. The Bertz CT molecular complexity index is 1300.